The molecule has 0 bridgehead atoms. The zero-order chi connectivity index (χ0) is 16.1. The number of pyridine rings is 1. The molecule has 120 valence electrons. The van der Waals surface area contributed by atoms with Gasteiger partial charge in [-0.2, -0.15) is 0 Å². The van der Waals surface area contributed by atoms with Crippen molar-refractivity contribution in [3.05, 3.63) is 33.7 Å². The fourth-order valence-corrected chi connectivity index (χ4v) is 2.50. The van der Waals surface area contributed by atoms with Crippen molar-refractivity contribution in [2.75, 3.05) is 19.7 Å². The predicted molar refractivity (Wildman–Crippen MR) is 80.9 cm³/mol. The van der Waals surface area contributed by atoms with E-state index >= 15 is 0 Å². The van der Waals surface area contributed by atoms with Gasteiger partial charge in [-0.05, 0) is 32.8 Å². The van der Waals surface area contributed by atoms with E-state index in [1.807, 2.05) is 0 Å². The number of likely N-dealkylation sites (tertiary alicyclic amines) is 1. The van der Waals surface area contributed by atoms with E-state index in [-0.39, 0.29) is 23.6 Å². The van der Waals surface area contributed by atoms with E-state index in [1.165, 1.54) is 6.07 Å². The van der Waals surface area contributed by atoms with Crippen LogP contribution in [0.4, 0.5) is 4.79 Å². The van der Waals surface area contributed by atoms with Crippen LogP contribution in [0.3, 0.4) is 0 Å². The number of carbonyl (C=O) groups excluding carboxylic acids is 2. The molecule has 0 aromatic carbocycles. The smallest absolute Gasteiger partial charge is 0.409 e. The van der Waals surface area contributed by atoms with Crippen LogP contribution in [-0.2, 0) is 4.74 Å². The van der Waals surface area contributed by atoms with Gasteiger partial charge in [-0.3, -0.25) is 9.59 Å². The molecule has 22 heavy (non-hydrogen) atoms. The lowest BCUT2D eigenvalue weighted by Crippen LogP contribution is -2.46. The van der Waals surface area contributed by atoms with Gasteiger partial charge in [0.25, 0.3) is 5.91 Å². The van der Waals surface area contributed by atoms with Crippen LogP contribution in [0.1, 0.15) is 35.8 Å². The highest BCUT2D eigenvalue weighted by Gasteiger charge is 2.24. The number of rotatable bonds is 3. The summed E-state index contributed by atoms with van der Waals surface area (Å²) in [4.78, 5) is 39.4. The number of hydrogen-bond acceptors (Lipinski definition) is 4. The first-order valence-corrected chi connectivity index (χ1v) is 7.43. The second kappa shape index (κ2) is 7.11. The molecule has 2 heterocycles. The highest BCUT2D eigenvalue weighted by atomic mass is 16.6. The molecule has 7 heteroatoms. The molecule has 1 aliphatic heterocycles. The molecule has 0 spiro atoms. The number of ether oxygens (including phenoxy) is 1. The number of nitrogens with zero attached hydrogens (tertiary/aromatic N) is 1. The average Bonchev–Trinajstić information content (AvgIpc) is 2.47. The lowest BCUT2D eigenvalue weighted by molar-refractivity contribution is 0.0860. The molecule has 0 atom stereocenters. The Hall–Kier alpha value is -2.31. The molecule has 1 aliphatic rings. The maximum absolute atomic E-state index is 12.2. The summed E-state index contributed by atoms with van der Waals surface area (Å²) in [6.45, 7) is 4.97. The van der Waals surface area contributed by atoms with Gasteiger partial charge >= 0.3 is 6.09 Å². The summed E-state index contributed by atoms with van der Waals surface area (Å²) < 4.78 is 4.95. The Bertz CT molecular complexity index is 603. The minimum Gasteiger partial charge on any atom is -0.450 e. The van der Waals surface area contributed by atoms with Crippen molar-refractivity contribution in [3.8, 4) is 0 Å². The quantitative estimate of drug-likeness (QED) is 0.872. The van der Waals surface area contributed by atoms with Crippen LogP contribution in [0.15, 0.2) is 16.9 Å². The third kappa shape index (κ3) is 4.09. The number of carbonyl (C=O) groups is 2. The summed E-state index contributed by atoms with van der Waals surface area (Å²) in [5.41, 5.74) is 0.714. The number of aromatic amines is 1. The molecule has 2 amide bonds. The summed E-state index contributed by atoms with van der Waals surface area (Å²) in [7, 11) is 0. The van der Waals surface area contributed by atoms with Crippen LogP contribution >= 0.6 is 0 Å². The van der Waals surface area contributed by atoms with Gasteiger partial charge in [-0.15, -0.1) is 0 Å². The number of nitrogens with one attached hydrogen (secondary N) is 2. The molecule has 2 N–H and O–H groups in total. The highest BCUT2D eigenvalue weighted by molar-refractivity contribution is 5.94. The zero-order valence-corrected chi connectivity index (χ0v) is 12.8. The molecule has 1 saturated heterocycles. The topological polar surface area (TPSA) is 91.5 Å². The van der Waals surface area contributed by atoms with E-state index in [1.54, 1.807) is 24.8 Å². The first kappa shape index (κ1) is 16.1. The van der Waals surface area contributed by atoms with Gasteiger partial charge in [0.1, 0.15) is 0 Å². The summed E-state index contributed by atoms with van der Waals surface area (Å²) in [5, 5.41) is 2.91. The molecule has 0 saturated carbocycles. The van der Waals surface area contributed by atoms with Gasteiger partial charge in [0, 0.05) is 36.5 Å². The Kier molecular flexibility index (Phi) is 5.19. The zero-order valence-electron chi connectivity index (χ0n) is 12.8. The van der Waals surface area contributed by atoms with Gasteiger partial charge in [-0.25, -0.2) is 4.79 Å². The maximum Gasteiger partial charge on any atom is 0.409 e. The number of amides is 2. The summed E-state index contributed by atoms with van der Waals surface area (Å²) in [5.74, 6) is -0.260. The van der Waals surface area contributed by atoms with Gasteiger partial charge in [0.05, 0.1) is 6.61 Å². The average molecular weight is 307 g/mol. The van der Waals surface area contributed by atoms with Crippen molar-refractivity contribution in [3.63, 3.8) is 0 Å². The fraction of sp³-hybridized carbons (Fsp3) is 0.533. The number of hydrogen-bond donors (Lipinski definition) is 2. The molecular formula is C15H21N3O4. The lowest BCUT2D eigenvalue weighted by Gasteiger charge is -2.31. The van der Waals surface area contributed by atoms with Crippen LogP contribution in [0, 0.1) is 6.92 Å². The molecule has 0 aliphatic carbocycles. The van der Waals surface area contributed by atoms with E-state index < -0.39 is 0 Å². The maximum atomic E-state index is 12.2. The Labute approximate surface area is 128 Å². The Morgan fingerprint density at radius 1 is 1.36 bits per heavy atom. The minimum atomic E-state index is -0.308. The predicted octanol–water partition coefficient (Wildman–Crippen LogP) is 1.03. The Morgan fingerprint density at radius 3 is 2.64 bits per heavy atom. The fourth-order valence-electron chi connectivity index (χ4n) is 2.50. The normalized spacial score (nSPS) is 15.5. The lowest BCUT2D eigenvalue weighted by atomic mass is 10.0. The van der Waals surface area contributed by atoms with Crippen molar-refractivity contribution in [1.29, 1.82) is 0 Å². The van der Waals surface area contributed by atoms with Crippen LogP contribution in [0.2, 0.25) is 0 Å². The molecule has 7 nitrogen and oxygen atoms in total. The first-order chi connectivity index (χ1) is 10.5. The van der Waals surface area contributed by atoms with Crippen molar-refractivity contribution in [2.24, 2.45) is 0 Å². The van der Waals surface area contributed by atoms with E-state index in [9.17, 15) is 14.4 Å². The molecule has 0 unspecified atom stereocenters. The summed E-state index contributed by atoms with van der Waals surface area (Å²) in [6.07, 6.45) is 1.04. The molecule has 1 aromatic heterocycles. The molecule has 1 aromatic rings. The summed E-state index contributed by atoms with van der Waals surface area (Å²) in [6, 6.07) is 2.93. The third-order valence-electron chi connectivity index (χ3n) is 3.60. The standard InChI is InChI=1S/C15H21N3O4/c1-3-22-15(21)18-6-4-12(5-7-18)17-14(20)11-8-10(2)16-13(19)9-11/h8-9,12H,3-7H2,1-2H3,(H,16,19)(H,17,20). The van der Waals surface area contributed by atoms with Crippen LogP contribution in [-0.4, -0.2) is 47.6 Å². The largest absolute Gasteiger partial charge is 0.450 e. The van der Waals surface area contributed by atoms with Crippen molar-refractivity contribution in [2.45, 2.75) is 32.7 Å². The van der Waals surface area contributed by atoms with Gasteiger partial charge in [0.15, 0.2) is 0 Å². The number of H-pyrrole nitrogens is 1. The van der Waals surface area contributed by atoms with E-state index in [0.717, 1.165) is 0 Å². The van der Waals surface area contributed by atoms with Crippen molar-refractivity contribution in [1.82, 2.24) is 15.2 Å². The Morgan fingerprint density at radius 2 is 2.05 bits per heavy atom. The monoisotopic (exact) mass is 307 g/mol. The van der Waals surface area contributed by atoms with Crippen LogP contribution in [0.25, 0.3) is 0 Å². The van der Waals surface area contributed by atoms with Gasteiger partial charge < -0.3 is 19.9 Å². The van der Waals surface area contributed by atoms with Crippen molar-refractivity contribution < 1.29 is 14.3 Å². The minimum absolute atomic E-state index is 0.00206. The first-order valence-electron chi connectivity index (χ1n) is 7.43. The second-order valence-corrected chi connectivity index (χ2v) is 5.35. The number of piperidine rings is 1. The van der Waals surface area contributed by atoms with Gasteiger partial charge in [0.2, 0.25) is 5.56 Å². The molecule has 2 rings (SSSR count). The van der Waals surface area contributed by atoms with Gasteiger partial charge in [-0.1, -0.05) is 0 Å². The van der Waals surface area contributed by atoms with E-state index in [2.05, 4.69) is 10.3 Å². The molecule has 0 radical (unpaired) electrons. The number of aryl methyl sites for hydroxylation is 1. The molecular weight excluding hydrogens is 286 g/mol. The molecule has 1 fully saturated rings. The Balaban J connectivity index is 1.89. The van der Waals surface area contributed by atoms with Crippen LogP contribution < -0.4 is 10.9 Å². The number of aromatic nitrogens is 1. The second-order valence-electron chi connectivity index (χ2n) is 5.35. The van der Waals surface area contributed by atoms with Crippen molar-refractivity contribution >= 4 is 12.0 Å². The van der Waals surface area contributed by atoms with E-state index in [4.69, 9.17) is 4.74 Å². The van der Waals surface area contributed by atoms with Crippen LogP contribution in [0.5, 0.6) is 0 Å². The summed E-state index contributed by atoms with van der Waals surface area (Å²) >= 11 is 0. The SMILES string of the molecule is CCOC(=O)N1CCC(NC(=O)c2cc(C)[nH]c(=O)c2)CC1. The highest BCUT2D eigenvalue weighted by Crippen LogP contribution is 2.12. The third-order valence-corrected chi connectivity index (χ3v) is 3.60. The van der Waals surface area contributed by atoms with E-state index in [0.29, 0.717) is 43.8 Å².